The minimum Gasteiger partial charge on any atom is -0.493 e. The first-order chi connectivity index (χ1) is 12.6. The average molecular weight is 357 g/mol. The molecule has 1 heterocycles. The molecule has 0 saturated heterocycles. The Bertz CT molecular complexity index is 804. The number of hydrogen-bond acceptors (Lipinski definition) is 4. The number of carbonyl (C=O) groups is 2. The molecule has 2 aromatic rings. The van der Waals surface area contributed by atoms with Gasteiger partial charge in [-0.25, -0.2) is 4.39 Å². The number of halogens is 1. The van der Waals surface area contributed by atoms with Crippen LogP contribution in [0.1, 0.15) is 28.8 Å². The molecule has 1 N–H and O–H groups in total. The third-order valence-corrected chi connectivity index (χ3v) is 4.29. The fourth-order valence-corrected chi connectivity index (χ4v) is 2.95. The zero-order chi connectivity index (χ0) is 18.5. The van der Waals surface area contributed by atoms with Crippen molar-refractivity contribution in [2.45, 2.75) is 25.3 Å². The Morgan fingerprint density at radius 2 is 1.96 bits per heavy atom. The maximum Gasteiger partial charge on any atom is 0.220 e. The Kier molecular flexibility index (Phi) is 5.51. The molecule has 0 spiro atoms. The third kappa shape index (κ3) is 4.20. The fourth-order valence-electron chi connectivity index (χ4n) is 2.95. The van der Waals surface area contributed by atoms with Gasteiger partial charge in [-0.2, -0.15) is 0 Å². The Balaban J connectivity index is 1.51. The highest BCUT2D eigenvalue weighted by Crippen LogP contribution is 2.34. The third-order valence-electron chi connectivity index (χ3n) is 4.29. The SMILES string of the molecule is COc1cccc2c1OCC(NC(=O)CCC(=O)c1ccc(F)cc1)C2. The van der Waals surface area contributed by atoms with Gasteiger partial charge in [-0.3, -0.25) is 9.59 Å². The zero-order valence-corrected chi connectivity index (χ0v) is 14.5. The van der Waals surface area contributed by atoms with Crippen LogP contribution >= 0.6 is 0 Å². The molecule has 1 amide bonds. The predicted octanol–water partition coefficient (Wildman–Crippen LogP) is 2.92. The van der Waals surface area contributed by atoms with Crippen LogP contribution in [0.5, 0.6) is 11.5 Å². The Morgan fingerprint density at radius 1 is 1.19 bits per heavy atom. The number of nitrogens with one attached hydrogen (secondary N) is 1. The minimum absolute atomic E-state index is 0.0788. The normalized spacial score (nSPS) is 15.5. The lowest BCUT2D eigenvalue weighted by molar-refractivity contribution is -0.122. The highest BCUT2D eigenvalue weighted by atomic mass is 19.1. The van der Waals surface area contributed by atoms with E-state index in [0.717, 1.165) is 5.56 Å². The van der Waals surface area contributed by atoms with Crippen LogP contribution in [0.3, 0.4) is 0 Å². The molecule has 1 unspecified atom stereocenters. The van der Waals surface area contributed by atoms with Crippen LogP contribution in [0.2, 0.25) is 0 Å². The summed E-state index contributed by atoms with van der Waals surface area (Å²) in [6.07, 6.45) is 0.803. The molecule has 6 heteroatoms. The summed E-state index contributed by atoms with van der Waals surface area (Å²) < 4.78 is 23.9. The maximum absolute atomic E-state index is 12.9. The number of ether oxygens (including phenoxy) is 2. The average Bonchev–Trinajstić information content (AvgIpc) is 2.66. The quantitative estimate of drug-likeness (QED) is 0.808. The highest BCUT2D eigenvalue weighted by Gasteiger charge is 2.24. The van der Waals surface area contributed by atoms with Crippen molar-refractivity contribution in [1.29, 1.82) is 0 Å². The maximum atomic E-state index is 12.9. The van der Waals surface area contributed by atoms with Gasteiger partial charge in [0, 0.05) is 24.0 Å². The Labute approximate surface area is 151 Å². The van der Waals surface area contributed by atoms with Crippen LogP contribution in [0.15, 0.2) is 42.5 Å². The number of ketones is 1. The summed E-state index contributed by atoms with van der Waals surface area (Å²) in [7, 11) is 1.59. The number of methoxy groups -OCH3 is 1. The second-order valence-electron chi connectivity index (χ2n) is 6.16. The topological polar surface area (TPSA) is 64.6 Å². The van der Waals surface area contributed by atoms with Crippen molar-refractivity contribution in [3.63, 3.8) is 0 Å². The predicted molar refractivity (Wildman–Crippen MR) is 94.1 cm³/mol. The summed E-state index contributed by atoms with van der Waals surface area (Å²) in [6.45, 7) is 0.352. The van der Waals surface area contributed by atoms with Crippen LogP contribution in [-0.4, -0.2) is 31.4 Å². The molecule has 1 aliphatic rings. The molecule has 0 bridgehead atoms. The number of hydrogen-bond donors (Lipinski definition) is 1. The van der Waals surface area contributed by atoms with E-state index in [0.29, 0.717) is 30.1 Å². The Morgan fingerprint density at radius 3 is 2.69 bits per heavy atom. The van der Waals surface area contributed by atoms with E-state index in [-0.39, 0.29) is 30.6 Å². The summed E-state index contributed by atoms with van der Waals surface area (Å²) in [6, 6.07) is 10.8. The van der Waals surface area contributed by atoms with Crippen molar-refractivity contribution < 1.29 is 23.5 Å². The second kappa shape index (κ2) is 7.99. The molecule has 0 fully saturated rings. The minimum atomic E-state index is -0.395. The van der Waals surface area contributed by atoms with Gasteiger partial charge < -0.3 is 14.8 Å². The Hall–Kier alpha value is -2.89. The van der Waals surface area contributed by atoms with Gasteiger partial charge in [0.1, 0.15) is 12.4 Å². The number of Topliss-reactive ketones (excluding diaryl/α,β-unsaturated/α-hetero) is 1. The molecule has 0 radical (unpaired) electrons. The summed E-state index contributed by atoms with van der Waals surface area (Å²) in [4.78, 5) is 24.2. The molecule has 136 valence electrons. The van der Waals surface area contributed by atoms with E-state index in [2.05, 4.69) is 5.32 Å². The van der Waals surface area contributed by atoms with E-state index >= 15 is 0 Å². The van der Waals surface area contributed by atoms with Crippen molar-refractivity contribution >= 4 is 11.7 Å². The van der Waals surface area contributed by atoms with Crippen LogP contribution in [-0.2, 0) is 11.2 Å². The van der Waals surface area contributed by atoms with Gasteiger partial charge >= 0.3 is 0 Å². The van der Waals surface area contributed by atoms with E-state index in [1.54, 1.807) is 7.11 Å². The van der Waals surface area contributed by atoms with E-state index < -0.39 is 5.82 Å². The zero-order valence-electron chi connectivity index (χ0n) is 14.5. The lowest BCUT2D eigenvalue weighted by Crippen LogP contribution is -2.42. The van der Waals surface area contributed by atoms with Crippen LogP contribution in [0, 0.1) is 5.82 Å². The van der Waals surface area contributed by atoms with Gasteiger partial charge in [-0.15, -0.1) is 0 Å². The molecule has 1 aliphatic heterocycles. The van der Waals surface area contributed by atoms with E-state index in [1.165, 1.54) is 24.3 Å². The fraction of sp³-hybridized carbons (Fsp3) is 0.300. The van der Waals surface area contributed by atoms with E-state index in [4.69, 9.17) is 9.47 Å². The van der Waals surface area contributed by atoms with Gasteiger partial charge in [0.15, 0.2) is 17.3 Å². The molecule has 0 aromatic heterocycles. The second-order valence-corrected chi connectivity index (χ2v) is 6.16. The number of para-hydroxylation sites is 1. The van der Waals surface area contributed by atoms with Gasteiger partial charge in [0.05, 0.1) is 13.2 Å². The molecule has 5 nitrogen and oxygen atoms in total. The number of carbonyl (C=O) groups excluding carboxylic acids is 2. The van der Waals surface area contributed by atoms with Crippen molar-refractivity contribution in [3.8, 4) is 11.5 Å². The monoisotopic (exact) mass is 357 g/mol. The molecular weight excluding hydrogens is 337 g/mol. The number of benzene rings is 2. The van der Waals surface area contributed by atoms with Crippen molar-refractivity contribution in [3.05, 3.63) is 59.4 Å². The van der Waals surface area contributed by atoms with Gasteiger partial charge in [0.2, 0.25) is 5.91 Å². The lowest BCUT2D eigenvalue weighted by atomic mass is 10.0. The molecule has 2 aromatic carbocycles. The number of amides is 1. The van der Waals surface area contributed by atoms with Gasteiger partial charge in [-0.1, -0.05) is 12.1 Å². The van der Waals surface area contributed by atoms with E-state index in [1.807, 2.05) is 18.2 Å². The van der Waals surface area contributed by atoms with Gasteiger partial charge in [0.25, 0.3) is 0 Å². The first kappa shape index (κ1) is 17.9. The summed E-state index contributed by atoms with van der Waals surface area (Å²) in [5.74, 6) is 0.605. The molecule has 3 rings (SSSR count). The standard InChI is InChI=1S/C20H20FNO4/c1-25-18-4-2-3-14-11-16(12-26-20(14)18)22-19(24)10-9-17(23)13-5-7-15(21)8-6-13/h2-8,16H,9-12H2,1H3,(H,22,24). The van der Waals surface area contributed by atoms with E-state index in [9.17, 15) is 14.0 Å². The summed E-state index contributed by atoms with van der Waals surface area (Å²) >= 11 is 0. The molecular formula is C20H20FNO4. The molecule has 26 heavy (non-hydrogen) atoms. The highest BCUT2D eigenvalue weighted by molar-refractivity contribution is 5.97. The van der Waals surface area contributed by atoms with Crippen LogP contribution in [0.4, 0.5) is 4.39 Å². The molecule has 1 atom stereocenters. The lowest BCUT2D eigenvalue weighted by Gasteiger charge is -2.27. The van der Waals surface area contributed by atoms with Crippen molar-refractivity contribution in [1.82, 2.24) is 5.32 Å². The largest absolute Gasteiger partial charge is 0.493 e. The smallest absolute Gasteiger partial charge is 0.220 e. The molecule has 0 aliphatic carbocycles. The first-order valence-corrected chi connectivity index (χ1v) is 8.43. The first-order valence-electron chi connectivity index (χ1n) is 8.43. The van der Waals surface area contributed by atoms with Crippen LogP contribution in [0.25, 0.3) is 0 Å². The van der Waals surface area contributed by atoms with Crippen LogP contribution < -0.4 is 14.8 Å². The summed E-state index contributed by atoms with van der Waals surface area (Å²) in [5, 5.41) is 2.90. The number of rotatable bonds is 6. The molecule has 0 saturated carbocycles. The van der Waals surface area contributed by atoms with Gasteiger partial charge in [-0.05, 0) is 36.8 Å². The van der Waals surface area contributed by atoms with Crippen molar-refractivity contribution in [2.24, 2.45) is 0 Å². The number of fused-ring (bicyclic) bond motifs is 1. The summed E-state index contributed by atoms with van der Waals surface area (Å²) in [5.41, 5.74) is 1.38. The van der Waals surface area contributed by atoms with Crippen molar-refractivity contribution in [2.75, 3.05) is 13.7 Å².